The number of benzene rings is 3. The van der Waals surface area contributed by atoms with Gasteiger partial charge in [0.2, 0.25) is 0 Å². The molecule has 2 heterocycles. The van der Waals surface area contributed by atoms with E-state index in [9.17, 15) is 9.59 Å². The van der Waals surface area contributed by atoms with Crippen LogP contribution in [0.5, 0.6) is 17.2 Å². The van der Waals surface area contributed by atoms with E-state index in [1.165, 1.54) is 11.3 Å². The molecule has 0 bridgehead atoms. The first-order chi connectivity index (χ1) is 19.5. The number of carbonyl (C=O) groups excluding carboxylic acids is 1. The Balaban J connectivity index is 1.79. The number of ether oxygens (including phenoxy) is 4. The molecule has 0 aliphatic carbocycles. The van der Waals surface area contributed by atoms with Crippen molar-refractivity contribution in [2.45, 2.75) is 13.0 Å². The van der Waals surface area contributed by atoms with Crippen molar-refractivity contribution < 1.29 is 23.7 Å². The molecule has 0 radical (unpaired) electrons. The van der Waals surface area contributed by atoms with Crippen LogP contribution in [0.25, 0.3) is 11.8 Å². The lowest BCUT2D eigenvalue weighted by Crippen LogP contribution is -2.40. The lowest BCUT2D eigenvalue weighted by Gasteiger charge is -2.26. The monoisotopic (exact) mass is 556 g/mol. The minimum absolute atomic E-state index is 0.184. The third kappa shape index (κ3) is 5.03. The van der Waals surface area contributed by atoms with Gasteiger partial charge in [-0.3, -0.25) is 9.36 Å². The van der Waals surface area contributed by atoms with E-state index in [1.807, 2.05) is 48.5 Å². The van der Waals surface area contributed by atoms with Crippen molar-refractivity contribution in [2.24, 2.45) is 4.99 Å². The summed E-state index contributed by atoms with van der Waals surface area (Å²) in [5, 5.41) is 0. The van der Waals surface area contributed by atoms with Crippen LogP contribution < -0.4 is 29.1 Å². The van der Waals surface area contributed by atoms with Gasteiger partial charge in [-0.05, 0) is 48.4 Å². The van der Waals surface area contributed by atoms with Crippen LogP contribution in [0, 0.1) is 0 Å². The zero-order valence-electron chi connectivity index (χ0n) is 22.5. The van der Waals surface area contributed by atoms with Crippen molar-refractivity contribution in [3.05, 3.63) is 115 Å². The molecule has 3 aromatic carbocycles. The molecule has 1 aliphatic heterocycles. The molecule has 9 heteroatoms. The van der Waals surface area contributed by atoms with Gasteiger partial charge in [0, 0.05) is 5.56 Å². The number of nitrogens with zero attached hydrogens (tertiary/aromatic N) is 2. The number of hydrogen-bond acceptors (Lipinski definition) is 8. The molecule has 0 fully saturated rings. The maximum absolute atomic E-state index is 14.0. The van der Waals surface area contributed by atoms with Crippen molar-refractivity contribution in [3.8, 4) is 17.2 Å². The Morgan fingerprint density at radius 2 is 1.68 bits per heavy atom. The van der Waals surface area contributed by atoms with E-state index in [0.29, 0.717) is 37.9 Å². The number of aromatic nitrogens is 1. The molecule has 0 N–H and O–H groups in total. The highest BCUT2D eigenvalue weighted by atomic mass is 32.1. The second kappa shape index (κ2) is 11.6. The summed E-state index contributed by atoms with van der Waals surface area (Å²) in [6.07, 6.45) is 1.78. The Labute approximate surface area is 235 Å². The summed E-state index contributed by atoms with van der Waals surface area (Å²) in [4.78, 5) is 32.9. The van der Waals surface area contributed by atoms with Crippen LogP contribution in [0.3, 0.4) is 0 Å². The summed E-state index contributed by atoms with van der Waals surface area (Å²) >= 11 is 1.26. The van der Waals surface area contributed by atoms with Gasteiger partial charge in [-0.1, -0.05) is 59.9 Å². The van der Waals surface area contributed by atoms with Crippen LogP contribution in [0.2, 0.25) is 0 Å². The molecule has 40 heavy (non-hydrogen) atoms. The van der Waals surface area contributed by atoms with Gasteiger partial charge < -0.3 is 18.9 Å². The standard InChI is InChI=1S/C31H28N2O6S/c1-5-39-30(35)26-27(20-9-7-6-8-10-20)32-31-33(28(26)21-12-14-22(36-2)15-13-21)29(34)25(40-31)18-19-11-16-23(37-3)24(17-19)38-4/h6-18,28H,5H2,1-4H3/b25-18-/t28-/m0/s1. The fraction of sp³-hybridized carbons (Fsp3) is 0.194. The van der Waals surface area contributed by atoms with Crippen molar-refractivity contribution in [2.75, 3.05) is 27.9 Å². The number of methoxy groups -OCH3 is 3. The predicted molar refractivity (Wildman–Crippen MR) is 154 cm³/mol. The van der Waals surface area contributed by atoms with E-state index in [-0.39, 0.29) is 12.2 Å². The van der Waals surface area contributed by atoms with Crippen LogP contribution in [-0.4, -0.2) is 38.5 Å². The molecular weight excluding hydrogens is 528 g/mol. The van der Waals surface area contributed by atoms with Crippen molar-refractivity contribution in [1.82, 2.24) is 4.57 Å². The normalized spacial score (nSPS) is 14.8. The first-order valence-electron chi connectivity index (χ1n) is 12.6. The number of fused-ring (bicyclic) bond motifs is 1. The first-order valence-corrected chi connectivity index (χ1v) is 13.4. The highest BCUT2D eigenvalue weighted by Gasteiger charge is 2.35. The highest BCUT2D eigenvalue weighted by Crippen LogP contribution is 2.35. The fourth-order valence-corrected chi connectivity index (χ4v) is 5.64. The Hall–Kier alpha value is -4.63. The van der Waals surface area contributed by atoms with Gasteiger partial charge in [0.05, 0.1) is 49.8 Å². The summed E-state index contributed by atoms with van der Waals surface area (Å²) < 4.78 is 23.7. The minimum Gasteiger partial charge on any atom is -0.497 e. The van der Waals surface area contributed by atoms with Crippen LogP contribution in [0.4, 0.5) is 0 Å². The molecule has 204 valence electrons. The summed E-state index contributed by atoms with van der Waals surface area (Å²) in [6, 6.07) is 21.4. The maximum atomic E-state index is 14.0. The molecular formula is C31H28N2O6S. The number of rotatable bonds is 8. The topological polar surface area (TPSA) is 88.4 Å². The molecule has 0 spiro atoms. The van der Waals surface area contributed by atoms with Gasteiger partial charge in [0.1, 0.15) is 5.75 Å². The van der Waals surface area contributed by atoms with E-state index in [0.717, 1.165) is 16.7 Å². The molecule has 0 saturated carbocycles. The van der Waals surface area contributed by atoms with Crippen LogP contribution >= 0.6 is 11.3 Å². The quantitative estimate of drug-likeness (QED) is 0.306. The van der Waals surface area contributed by atoms with E-state index in [2.05, 4.69) is 0 Å². The summed E-state index contributed by atoms with van der Waals surface area (Å²) in [5.41, 5.74) is 2.74. The van der Waals surface area contributed by atoms with Gasteiger partial charge in [0.15, 0.2) is 16.3 Å². The van der Waals surface area contributed by atoms with Crippen LogP contribution in [0.15, 0.2) is 88.2 Å². The lowest BCUT2D eigenvalue weighted by atomic mass is 9.93. The predicted octanol–water partition coefficient (Wildman–Crippen LogP) is 3.96. The van der Waals surface area contributed by atoms with E-state index in [1.54, 1.807) is 63.2 Å². The highest BCUT2D eigenvalue weighted by molar-refractivity contribution is 7.07. The Morgan fingerprint density at radius 3 is 2.33 bits per heavy atom. The molecule has 1 aliphatic rings. The smallest absolute Gasteiger partial charge is 0.338 e. The number of hydrogen-bond donors (Lipinski definition) is 0. The summed E-state index contributed by atoms with van der Waals surface area (Å²) in [7, 11) is 4.72. The Morgan fingerprint density at radius 1 is 0.950 bits per heavy atom. The minimum atomic E-state index is -0.760. The molecule has 1 atom stereocenters. The van der Waals surface area contributed by atoms with Gasteiger partial charge in [-0.2, -0.15) is 0 Å². The number of esters is 1. The van der Waals surface area contributed by atoms with Gasteiger partial charge in [-0.15, -0.1) is 0 Å². The van der Waals surface area contributed by atoms with Crippen LogP contribution in [-0.2, 0) is 9.53 Å². The Bertz CT molecular complexity index is 1750. The second-order valence-electron chi connectivity index (χ2n) is 8.82. The van der Waals surface area contributed by atoms with Crippen molar-refractivity contribution in [1.29, 1.82) is 0 Å². The number of thiazole rings is 1. The molecule has 0 unspecified atom stereocenters. The molecule has 4 aromatic rings. The van der Waals surface area contributed by atoms with Gasteiger partial charge >= 0.3 is 5.97 Å². The average molecular weight is 557 g/mol. The third-order valence-corrected chi connectivity index (χ3v) is 7.49. The molecule has 0 amide bonds. The van der Waals surface area contributed by atoms with E-state index < -0.39 is 12.0 Å². The molecule has 8 nitrogen and oxygen atoms in total. The molecule has 1 aromatic heterocycles. The van der Waals surface area contributed by atoms with E-state index in [4.69, 9.17) is 23.9 Å². The van der Waals surface area contributed by atoms with Crippen LogP contribution in [0.1, 0.15) is 29.7 Å². The summed E-state index contributed by atoms with van der Waals surface area (Å²) in [5.74, 6) is 1.28. The Kier molecular flexibility index (Phi) is 7.84. The lowest BCUT2D eigenvalue weighted by molar-refractivity contribution is -0.138. The average Bonchev–Trinajstić information content (AvgIpc) is 3.30. The second-order valence-corrected chi connectivity index (χ2v) is 9.83. The first kappa shape index (κ1) is 27.0. The van der Waals surface area contributed by atoms with E-state index >= 15 is 0 Å². The number of carbonyl (C=O) groups is 1. The van der Waals surface area contributed by atoms with Gasteiger partial charge in [0.25, 0.3) is 5.56 Å². The fourth-order valence-electron chi connectivity index (χ4n) is 4.64. The van der Waals surface area contributed by atoms with Gasteiger partial charge in [-0.25, -0.2) is 9.79 Å². The largest absolute Gasteiger partial charge is 0.497 e. The van der Waals surface area contributed by atoms with Crippen molar-refractivity contribution in [3.63, 3.8) is 0 Å². The van der Waals surface area contributed by atoms with Crippen molar-refractivity contribution >= 4 is 29.1 Å². The zero-order chi connectivity index (χ0) is 28.2. The summed E-state index contributed by atoms with van der Waals surface area (Å²) in [6.45, 7) is 1.94. The SMILES string of the molecule is CCOC(=O)C1=C(c2ccccc2)N=c2s/c(=C\c3ccc(OC)c(OC)c3)c(=O)n2[C@H]1c1ccc(OC)cc1. The third-order valence-electron chi connectivity index (χ3n) is 6.51. The molecule has 0 saturated heterocycles. The molecule has 5 rings (SSSR count). The maximum Gasteiger partial charge on any atom is 0.338 e. The zero-order valence-corrected chi connectivity index (χ0v) is 23.4.